The van der Waals surface area contributed by atoms with E-state index >= 15 is 0 Å². The van der Waals surface area contributed by atoms with Crippen LogP contribution >= 0.6 is 0 Å². The lowest BCUT2D eigenvalue weighted by atomic mass is 10.0. The van der Waals surface area contributed by atoms with E-state index in [-0.39, 0.29) is 17.8 Å². The molecular weight excluding hydrogens is 304 g/mol. The van der Waals surface area contributed by atoms with E-state index in [4.69, 9.17) is 4.74 Å². The van der Waals surface area contributed by atoms with Gasteiger partial charge < -0.3 is 20.3 Å². The topological polar surface area (TPSA) is 122 Å². The van der Waals surface area contributed by atoms with Gasteiger partial charge in [-0.25, -0.2) is 4.79 Å². The van der Waals surface area contributed by atoms with Gasteiger partial charge in [-0.2, -0.15) is 0 Å². The Morgan fingerprint density at radius 3 is 2.48 bits per heavy atom. The second-order valence-corrected chi connectivity index (χ2v) is 6.25. The minimum atomic E-state index is -1.37. The third-order valence-electron chi connectivity index (χ3n) is 2.86. The van der Waals surface area contributed by atoms with Crippen LogP contribution in [0.25, 0.3) is 0 Å². The Morgan fingerprint density at radius 2 is 1.96 bits per heavy atom. The quantitative estimate of drug-likeness (QED) is 0.560. The number of ether oxygens (including phenoxy) is 1. The molecule has 0 saturated carbocycles. The maximum atomic E-state index is 11.5. The van der Waals surface area contributed by atoms with Crippen molar-refractivity contribution in [3.8, 4) is 0 Å². The molecule has 1 aromatic rings. The second-order valence-electron chi connectivity index (χ2n) is 6.25. The van der Waals surface area contributed by atoms with Crippen molar-refractivity contribution in [3.05, 3.63) is 39.4 Å². The lowest BCUT2D eigenvalue weighted by molar-refractivity contribution is -0.385. The number of nitrogens with one attached hydrogen (secondary N) is 1. The average Bonchev–Trinajstić information content (AvgIpc) is 2.41. The number of benzene rings is 1. The van der Waals surface area contributed by atoms with Gasteiger partial charge in [0.25, 0.3) is 5.69 Å². The van der Waals surface area contributed by atoms with Crippen LogP contribution in [0, 0.1) is 17.0 Å². The zero-order chi connectivity index (χ0) is 17.8. The molecule has 0 bridgehead atoms. The van der Waals surface area contributed by atoms with Gasteiger partial charge in [-0.1, -0.05) is 6.07 Å². The second kappa shape index (κ2) is 7.38. The third-order valence-corrected chi connectivity index (χ3v) is 2.86. The minimum absolute atomic E-state index is 0.175. The summed E-state index contributed by atoms with van der Waals surface area (Å²) in [4.78, 5) is 21.8. The van der Waals surface area contributed by atoms with E-state index in [1.165, 1.54) is 18.2 Å². The first-order chi connectivity index (χ1) is 10.5. The van der Waals surface area contributed by atoms with Crippen LogP contribution in [0.3, 0.4) is 0 Å². The van der Waals surface area contributed by atoms with Crippen molar-refractivity contribution in [1.29, 1.82) is 0 Å². The van der Waals surface area contributed by atoms with E-state index in [0.717, 1.165) is 0 Å². The molecule has 128 valence electrons. The van der Waals surface area contributed by atoms with Crippen LogP contribution in [0.2, 0.25) is 0 Å². The highest BCUT2D eigenvalue weighted by Crippen LogP contribution is 2.23. The number of hydrogen-bond acceptors (Lipinski definition) is 6. The smallest absolute Gasteiger partial charge is 0.407 e. The highest BCUT2D eigenvalue weighted by molar-refractivity contribution is 5.67. The molecule has 2 unspecified atom stereocenters. The number of non-ortho nitro benzene ring substituents is 1. The molecule has 2 atom stereocenters. The maximum Gasteiger partial charge on any atom is 0.407 e. The predicted octanol–water partition coefficient (Wildman–Crippen LogP) is 1.82. The number of alkyl carbamates (subject to hydrolysis) is 1. The zero-order valence-electron chi connectivity index (χ0n) is 13.6. The number of rotatable bonds is 5. The van der Waals surface area contributed by atoms with Gasteiger partial charge in [0.2, 0.25) is 0 Å². The summed E-state index contributed by atoms with van der Waals surface area (Å²) in [7, 11) is 0. The number of aryl methyl sites for hydroxylation is 1. The summed E-state index contributed by atoms with van der Waals surface area (Å²) in [6.45, 7) is 6.49. The fourth-order valence-corrected chi connectivity index (χ4v) is 1.90. The molecule has 1 rings (SSSR count). The highest BCUT2D eigenvalue weighted by atomic mass is 16.6. The van der Waals surface area contributed by atoms with Gasteiger partial charge in [0.05, 0.1) is 4.92 Å². The van der Waals surface area contributed by atoms with E-state index < -0.39 is 28.8 Å². The summed E-state index contributed by atoms with van der Waals surface area (Å²) in [5.74, 6) is 0. The molecule has 1 amide bonds. The standard InChI is InChI=1S/C15H22N2O6/c1-9-5-10(7-11(6-9)17(21)22)13(19)12(18)8-16-14(20)23-15(2,3)4/h5-7,12-13,18-19H,8H2,1-4H3,(H,16,20). The first-order valence-corrected chi connectivity index (χ1v) is 7.08. The van der Waals surface area contributed by atoms with Crippen molar-refractivity contribution in [1.82, 2.24) is 5.32 Å². The Labute approximate surface area is 134 Å². The Morgan fingerprint density at radius 1 is 1.35 bits per heavy atom. The number of carbonyl (C=O) groups excluding carboxylic acids is 1. The van der Waals surface area contributed by atoms with Crippen LogP contribution in [0.5, 0.6) is 0 Å². The van der Waals surface area contributed by atoms with Gasteiger partial charge in [-0.3, -0.25) is 10.1 Å². The molecule has 23 heavy (non-hydrogen) atoms. The Kier molecular flexibility index (Phi) is 6.05. The number of hydrogen-bond donors (Lipinski definition) is 3. The maximum absolute atomic E-state index is 11.5. The number of carbonyl (C=O) groups is 1. The predicted molar refractivity (Wildman–Crippen MR) is 83.0 cm³/mol. The zero-order valence-corrected chi connectivity index (χ0v) is 13.6. The largest absolute Gasteiger partial charge is 0.444 e. The molecule has 0 aliphatic heterocycles. The van der Waals surface area contributed by atoms with Gasteiger partial charge in [0.15, 0.2) is 0 Å². The molecule has 0 saturated heterocycles. The molecule has 0 aliphatic carbocycles. The van der Waals surface area contributed by atoms with Gasteiger partial charge in [-0.05, 0) is 38.8 Å². The summed E-state index contributed by atoms with van der Waals surface area (Å²) in [5.41, 5.74) is -0.0627. The first kappa shape index (κ1) is 18.9. The molecule has 0 heterocycles. The lowest BCUT2D eigenvalue weighted by Crippen LogP contribution is -2.38. The lowest BCUT2D eigenvalue weighted by Gasteiger charge is -2.22. The Hall–Kier alpha value is -2.19. The van der Waals surface area contributed by atoms with Crippen molar-refractivity contribution in [2.75, 3.05) is 6.54 Å². The third kappa shape index (κ3) is 6.21. The fourth-order valence-electron chi connectivity index (χ4n) is 1.90. The first-order valence-electron chi connectivity index (χ1n) is 7.08. The van der Waals surface area contributed by atoms with E-state index in [9.17, 15) is 25.1 Å². The molecule has 3 N–H and O–H groups in total. The molecule has 0 aromatic heterocycles. The van der Waals surface area contributed by atoms with Crippen molar-refractivity contribution >= 4 is 11.8 Å². The Bertz CT molecular complexity index is 582. The van der Waals surface area contributed by atoms with Crippen LogP contribution in [0.4, 0.5) is 10.5 Å². The molecule has 1 aromatic carbocycles. The van der Waals surface area contributed by atoms with Crippen LogP contribution in [-0.4, -0.2) is 39.5 Å². The van der Waals surface area contributed by atoms with Gasteiger partial charge in [0.1, 0.15) is 17.8 Å². The molecule has 0 aliphatic rings. The van der Waals surface area contributed by atoms with Crippen molar-refractivity contribution in [2.24, 2.45) is 0 Å². The van der Waals surface area contributed by atoms with E-state index in [0.29, 0.717) is 5.56 Å². The summed E-state index contributed by atoms with van der Waals surface area (Å²) in [6.07, 6.45) is -3.42. The number of aliphatic hydroxyl groups is 2. The number of nitro benzene ring substituents is 1. The van der Waals surface area contributed by atoms with Gasteiger partial charge in [0, 0.05) is 18.7 Å². The van der Waals surface area contributed by atoms with Crippen LogP contribution in [0.15, 0.2) is 18.2 Å². The number of aliphatic hydroxyl groups excluding tert-OH is 2. The fraction of sp³-hybridized carbons (Fsp3) is 0.533. The minimum Gasteiger partial charge on any atom is -0.444 e. The molecule has 0 radical (unpaired) electrons. The van der Waals surface area contributed by atoms with E-state index in [1.807, 2.05) is 0 Å². The van der Waals surface area contributed by atoms with Crippen molar-refractivity contribution < 1.29 is 24.7 Å². The number of nitrogens with zero attached hydrogens (tertiary/aromatic N) is 1. The van der Waals surface area contributed by atoms with Crippen molar-refractivity contribution in [3.63, 3.8) is 0 Å². The monoisotopic (exact) mass is 326 g/mol. The summed E-state index contributed by atoms with van der Waals surface area (Å²) in [6, 6.07) is 4.09. The average molecular weight is 326 g/mol. The van der Waals surface area contributed by atoms with E-state index in [2.05, 4.69) is 5.32 Å². The molecule has 0 fully saturated rings. The summed E-state index contributed by atoms with van der Waals surface area (Å²) < 4.78 is 5.01. The number of amides is 1. The van der Waals surface area contributed by atoms with Gasteiger partial charge >= 0.3 is 6.09 Å². The van der Waals surface area contributed by atoms with Crippen molar-refractivity contribution in [2.45, 2.75) is 45.5 Å². The Balaban J connectivity index is 2.72. The summed E-state index contributed by atoms with van der Waals surface area (Å²) >= 11 is 0. The molecule has 8 heteroatoms. The summed E-state index contributed by atoms with van der Waals surface area (Å²) in [5, 5.41) is 33.2. The van der Waals surface area contributed by atoms with Crippen LogP contribution in [0.1, 0.15) is 38.0 Å². The van der Waals surface area contributed by atoms with Crippen LogP contribution < -0.4 is 5.32 Å². The van der Waals surface area contributed by atoms with E-state index in [1.54, 1.807) is 27.7 Å². The molecule has 8 nitrogen and oxygen atoms in total. The van der Waals surface area contributed by atoms with Crippen LogP contribution in [-0.2, 0) is 4.74 Å². The van der Waals surface area contributed by atoms with Gasteiger partial charge in [-0.15, -0.1) is 0 Å². The molecule has 0 spiro atoms. The number of nitro groups is 1. The SMILES string of the molecule is Cc1cc(C(O)C(O)CNC(=O)OC(C)(C)C)cc([N+](=O)[O-])c1. The molecular formula is C15H22N2O6. The highest BCUT2D eigenvalue weighted by Gasteiger charge is 2.23. The normalized spacial score (nSPS) is 14.0.